The molecule has 0 rings (SSSR count). The number of hydrogen-bond acceptors (Lipinski definition) is 2. The van der Waals surface area contributed by atoms with Gasteiger partial charge in [-0.1, -0.05) is 0 Å². The van der Waals surface area contributed by atoms with Gasteiger partial charge in [0.2, 0.25) is 0 Å². The topological polar surface area (TPSA) is 54.4 Å². The Morgan fingerprint density at radius 1 is 0.889 bits per heavy atom. The summed E-state index contributed by atoms with van der Waals surface area (Å²) in [6.45, 7) is -1.31. The maximum atomic E-state index is 13.0. The smallest absolute Gasteiger partial charge is 0.267 e. The third kappa shape index (κ3) is 5.89. The van der Waals surface area contributed by atoms with Gasteiger partial charge in [0.15, 0.2) is 24.7 Å². The van der Waals surface area contributed by atoms with Crippen molar-refractivity contribution in [2.24, 2.45) is 0 Å². The third-order valence-electron chi connectivity index (χ3n) is 2.05. The Labute approximate surface area is 99.9 Å². The molecule has 0 saturated carbocycles. The quantitative estimate of drug-likeness (QED) is 0.550. The molecular formula is C8H12F6O3S. The zero-order valence-corrected chi connectivity index (χ0v) is 9.76. The highest BCUT2D eigenvalue weighted by atomic mass is 32.2. The van der Waals surface area contributed by atoms with Crippen LogP contribution in [0.2, 0.25) is 0 Å². The number of halogens is 6. The summed E-state index contributed by atoms with van der Waals surface area (Å²) >= 11 is 0. The minimum Gasteiger partial charge on any atom is -0.285 e. The molecule has 0 aromatic rings. The predicted octanol–water partition coefficient (Wildman–Crippen LogP) is 1.92. The second-order valence-electron chi connectivity index (χ2n) is 3.59. The van der Waals surface area contributed by atoms with E-state index in [-0.39, 0.29) is 0 Å². The first-order valence-electron chi connectivity index (χ1n) is 4.81. The largest absolute Gasteiger partial charge is 0.285 e. The van der Waals surface area contributed by atoms with E-state index in [0.717, 1.165) is 0 Å². The fourth-order valence-corrected chi connectivity index (χ4v) is 1.72. The van der Waals surface area contributed by atoms with E-state index >= 15 is 0 Å². The Morgan fingerprint density at radius 3 is 1.72 bits per heavy atom. The first-order chi connectivity index (χ1) is 8.10. The summed E-state index contributed by atoms with van der Waals surface area (Å²) in [6.07, 6.45) is -16.4. The molecule has 1 N–H and O–H groups in total. The van der Waals surface area contributed by atoms with Crippen molar-refractivity contribution >= 4 is 10.1 Å². The minimum atomic E-state index is -4.92. The van der Waals surface area contributed by atoms with E-state index in [4.69, 9.17) is 4.55 Å². The van der Waals surface area contributed by atoms with Gasteiger partial charge >= 0.3 is 0 Å². The third-order valence-corrected chi connectivity index (χ3v) is 2.79. The van der Waals surface area contributed by atoms with Gasteiger partial charge in [0, 0.05) is 6.42 Å². The van der Waals surface area contributed by atoms with Gasteiger partial charge in [-0.05, 0) is 0 Å². The molecule has 18 heavy (non-hydrogen) atoms. The maximum absolute atomic E-state index is 13.0. The summed E-state index contributed by atoms with van der Waals surface area (Å²) in [7, 11) is -4.92. The van der Waals surface area contributed by atoms with Gasteiger partial charge in [-0.2, -0.15) is 8.42 Å². The van der Waals surface area contributed by atoms with Crippen molar-refractivity contribution in [1.82, 2.24) is 0 Å². The van der Waals surface area contributed by atoms with Crippen LogP contribution in [0.1, 0.15) is 6.42 Å². The Hall–Kier alpha value is -0.510. The van der Waals surface area contributed by atoms with Gasteiger partial charge < -0.3 is 0 Å². The molecule has 3 nitrogen and oxygen atoms in total. The van der Waals surface area contributed by atoms with Crippen LogP contribution in [0.25, 0.3) is 0 Å². The summed E-state index contributed by atoms with van der Waals surface area (Å²) < 4.78 is 105. The Bertz CT molecular complexity index is 338. The predicted molar refractivity (Wildman–Crippen MR) is 51.5 cm³/mol. The van der Waals surface area contributed by atoms with Crippen LogP contribution < -0.4 is 0 Å². The highest BCUT2D eigenvalue weighted by Gasteiger charge is 2.41. The van der Waals surface area contributed by atoms with Crippen LogP contribution in [0.3, 0.4) is 0 Å². The summed E-state index contributed by atoms with van der Waals surface area (Å²) in [4.78, 5) is 0. The fourth-order valence-electron chi connectivity index (χ4n) is 1.13. The molecule has 0 fully saturated rings. The molecule has 0 amide bonds. The number of hydrogen-bond donors (Lipinski definition) is 1. The maximum Gasteiger partial charge on any atom is 0.267 e. The van der Waals surface area contributed by atoms with Crippen molar-refractivity contribution in [3.63, 3.8) is 0 Å². The standard InChI is InChI=1S/C8H12F6O3S/c9-2-1-4(10)6(12)8(14)7(13)5(11)3-18(15,16)17/h4-8H,1-3H2,(H,15,16,17). The van der Waals surface area contributed by atoms with E-state index in [1.807, 2.05) is 0 Å². The van der Waals surface area contributed by atoms with Crippen molar-refractivity contribution < 1.29 is 39.3 Å². The summed E-state index contributed by atoms with van der Waals surface area (Å²) in [5, 5.41) is 0. The Kier molecular flexibility index (Phi) is 6.97. The van der Waals surface area contributed by atoms with Gasteiger partial charge in [0.1, 0.15) is 11.9 Å². The lowest BCUT2D eigenvalue weighted by Gasteiger charge is -2.21. The molecule has 0 spiro atoms. The van der Waals surface area contributed by atoms with Crippen molar-refractivity contribution in [3.05, 3.63) is 0 Å². The van der Waals surface area contributed by atoms with Crippen LogP contribution >= 0.6 is 0 Å². The Balaban J connectivity index is 4.53. The average Bonchev–Trinajstić information content (AvgIpc) is 2.24. The van der Waals surface area contributed by atoms with Crippen molar-refractivity contribution in [1.29, 1.82) is 0 Å². The summed E-state index contributed by atoms with van der Waals surface area (Å²) in [6, 6.07) is 0. The first kappa shape index (κ1) is 17.5. The molecule has 0 aliphatic heterocycles. The van der Waals surface area contributed by atoms with E-state index in [2.05, 4.69) is 0 Å². The normalized spacial score (nSPS) is 21.1. The number of rotatable bonds is 8. The Morgan fingerprint density at radius 2 is 1.33 bits per heavy atom. The van der Waals surface area contributed by atoms with Gasteiger partial charge in [-0.25, -0.2) is 22.0 Å². The van der Waals surface area contributed by atoms with Crippen LogP contribution in [0, 0.1) is 0 Å². The molecule has 0 aliphatic rings. The van der Waals surface area contributed by atoms with Crippen molar-refractivity contribution in [2.75, 3.05) is 12.4 Å². The fraction of sp³-hybridized carbons (Fsp3) is 1.00. The molecule has 0 saturated heterocycles. The van der Waals surface area contributed by atoms with Crippen LogP contribution in [0.4, 0.5) is 26.3 Å². The van der Waals surface area contributed by atoms with Gasteiger partial charge in [0.25, 0.3) is 10.1 Å². The van der Waals surface area contributed by atoms with Crippen LogP contribution in [-0.2, 0) is 10.1 Å². The second-order valence-corrected chi connectivity index (χ2v) is 5.09. The van der Waals surface area contributed by atoms with Crippen molar-refractivity contribution in [2.45, 2.75) is 37.3 Å². The molecule has 110 valence electrons. The lowest BCUT2D eigenvalue weighted by molar-refractivity contribution is 0.00269. The van der Waals surface area contributed by atoms with E-state index in [0.29, 0.717) is 0 Å². The van der Waals surface area contributed by atoms with E-state index < -0.39 is 59.8 Å². The first-order valence-corrected chi connectivity index (χ1v) is 6.42. The molecule has 0 aliphatic carbocycles. The lowest BCUT2D eigenvalue weighted by atomic mass is 10.0. The SMILES string of the molecule is O=S(=O)(O)CC(F)C(F)C(F)C(F)C(F)CCF. The molecule has 5 unspecified atom stereocenters. The van der Waals surface area contributed by atoms with Crippen LogP contribution in [0.5, 0.6) is 0 Å². The molecule has 5 atom stereocenters. The van der Waals surface area contributed by atoms with Crippen molar-refractivity contribution in [3.8, 4) is 0 Å². The van der Waals surface area contributed by atoms with Gasteiger partial charge in [-0.3, -0.25) is 8.94 Å². The molecule has 10 heteroatoms. The minimum absolute atomic E-state index is 1.02. The second kappa shape index (κ2) is 7.17. The summed E-state index contributed by atoms with van der Waals surface area (Å²) in [5.41, 5.74) is 0. The van der Waals surface area contributed by atoms with Crippen LogP contribution in [-0.4, -0.2) is 56.3 Å². The molecule has 0 radical (unpaired) electrons. The molecule has 0 aromatic heterocycles. The average molecular weight is 302 g/mol. The highest BCUT2D eigenvalue weighted by molar-refractivity contribution is 7.85. The molecular weight excluding hydrogens is 290 g/mol. The van der Waals surface area contributed by atoms with Crippen LogP contribution in [0.15, 0.2) is 0 Å². The summed E-state index contributed by atoms with van der Waals surface area (Å²) in [5.74, 6) is -1.78. The number of alkyl halides is 6. The zero-order valence-electron chi connectivity index (χ0n) is 8.95. The zero-order chi connectivity index (χ0) is 14.5. The van der Waals surface area contributed by atoms with E-state index in [1.54, 1.807) is 0 Å². The monoisotopic (exact) mass is 302 g/mol. The van der Waals surface area contributed by atoms with E-state index in [9.17, 15) is 34.8 Å². The molecule has 0 heterocycles. The van der Waals surface area contributed by atoms with Gasteiger partial charge in [-0.15, -0.1) is 0 Å². The molecule has 0 aromatic carbocycles. The highest BCUT2D eigenvalue weighted by Crippen LogP contribution is 2.23. The molecule has 0 bridgehead atoms. The lowest BCUT2D eigenvalue weighted by Crippen LogP contribution is -2.42. The van der Waals surface area contributed by atoms with E-state index in [1.165, 1.54) is 0 Å². The van der Waals surface area contributed by atoms with Gasteiger partial charge in [0.05, 0.1) is 6.67 Å².